The van der Waals surface area contributed by atoms with Crippen LogP contribution in [-0.4, -0.2) is 48.2 Å². The van der Waals surface area contributed by atoms with E-state index >= 15 is 0 Å². The van der Waals surface area contributed by atoms with Crippen molar-refractivity contribution in [1.82, 2.24) is 10.2 Å². The minimum absolute atomic E-state index is 0.361. The second kappa shape index (κ2) is 7.26. The first-order chi connectivity index (χ1) is 9.27. The number of hydrogen-bond acceptors (Lipinski definition) is 3. The molecule has 0 aromatic heterocycles. The summed E-state index contributed by atoms with van der Waals surface area (Å²) in [5.41, 5.74) is 1.21. The molecule has 0 spiro atoms. The van der Waals surface area contributed by atoms with Gasteiger partial charge in [-0.1, -0.05) is 30.3 Å². The van der Waals surface area contributed by atoms with Crippen molar-refractivity contribution >= 4 is 5.97 Å². The summed E-state index contributed by atoms with van der Waals surface area (Å²) in [6.07, 6.45) is 2.52. The van der Waals surface area contributed by atoms with Gasteiger partial charge in [0, 0.05) is 19.6 Å². The maximum Gasteiger partial charge on any atom is 0.320 e. The molecular formula is C15H22N2O2. The Balaban J connectivity index is 1.93. The number of aryl methyl sites for hydroxylation is 1. The molecule has 4 nitrogen and oxygen atoms in total. The van der Waals surface area contributed by atoms with E-state index in [1.807, 2.05) is 18.2 Å². The van der Waals surface area contributed by atoms with Crippen LogP contribution < -0.4 is 5.32 Å². The molecule has 0 saturated carbocycles. The van der Waals surface area contributed by atoms with Gasteiger partial charge in [-0.2, -0.15) is 0 Å². The third-order valence-corrected chi connectivity index (χ3v) is 3.65. The quantitative estimate of drug-likeness (QED) is 0.841. The number of nitrogens with one attached hydrogen (secondary N) is 1. The minimum Gasteiger partial charge on any atom is -0.480 e. The summed E-state index contributed by atoms with van der Waals surface area (Å²) in [6, 6.07) is 9.74. The summed E-state index contributed by atoms with van der Waals surface area (Å²) in [5, 5.41) is 12.7. The van der Waals surface area contributed by atoms with Gasteiger partial charge < -0.3 is 10.4 Å². The van der Waals surface area contributed by atoms with Crippen LogP contribution in [0, 0.1) is 0 Å². The normalized spacial score (nSPS) is 18.7. The second-order valence-electron chi connectivity index (χ2n) is 5.02. The van der Waals surface area contributed by atoms with Gasteiger partial charge in [0.05, 0.1) is 0 Å². The molecule has 1 unspecified atom stereocenters. The average molecular weight is 262 g/mol. The number of aliphatic carboxylic acids is 1. The van der Waals surface area contributed by atoms with Crippen molar-refractivity contribution < 1.29 is 9.90 Å². The largest absolute Gasteiger partial charge is 0.480 e. The molecule has 2 N–H and O–H groups in total. The lowest BCUT2D eigenvalue weighted by atomic mass is 10.0. The van der Waals surface area contributed by atoms with Crippen LogP contribution in [0.3, 0.4) is 0 Å². The first-order valence-electron chi connectivity index (χ1n) is 6.99. The third-order valence-electron chi connectivity index (χ3n) is 3.65. The fourth-order valence-electron chi connectivity index (χ4n) is 2.59. The lowest BCUT2D eigenvalue weighted by molar-refractivity contribution is -0.143. The van der Waals surface area contributed by atoms with Crippen LogP contribution in [0.2, 0.25) is 0 Å². The van der Waals surface area contributed by atoms with Crippen LogP contribution in [0.25, 0.3) is 0 Å². The van der Waals surface area contributed by atoms with E-state index in [9.17, 15) is 9.90 Å². The number of benzene rings is 1. The Hall–Kier alpha value is -1.39. The van der Waals surface area contributed by atoms with Crippen molar-refractivity contribution in [1.29, 1.82) is 0 Å². The van der Waals surface area contributed by atoms with E-state index in [0.29, 0.717) is 6.42 Å². The van der Waals surface area contributed by atoms with E-state index < -0.39 is 5.97 Å². The van der Waals surface area contributed by atoms with Gasteiger partial charge in [0.1, 0.15) is 6.04 Å². The highest BCUT2D eigenvalue weighted by atomic mass is 16.4. The highest BCUT2D eigenvalue weighted by Gasteiger charge is 2.25. The third kappa shape index (κ3) is 4.33. The molecule has 1 aromatic carbocycles. The maximum absolute atomic E-state index is 11.5. The fraction of sp³-hybridized carbons (Fsp3) is 0.533. The predicted molar refractivity (Wildman–Crippen MR) is 75.2 cm³/mol. The molecule has 1 atom stereocenters. The van der Waals surface area contributed by atoms with E-state index in [4.69, 9.17) is 0 Å². The molecule has 1 aliphatic heterocycles. The average Bonchev–Trinajstić information content (AvgIpc) is 2.69. The SMILES string of the molecule is O=C(O)C(CCc1ccccc1)N1CCCNCC1. The molecule has 19 heavy (non-hydrogen) atoms. The van der Waals surface area contributed by atoms with Crippen LogP contribution in [-0.2, 0) is 11.2 Å². The van der Waals surface area contributed by atoms with Gasteiger partial charge in [-0.25, -0.2) is 0 Å². The molecule has 1 aliphatic rings. The zero-order chi connectivity index (χ0) is 13.5. The Kier molecular flexibility index (Phi) is 5.36. The molecular weight excluding hydrogens is 240 g/mol. The number of carbonyl (C=O) groups is 1. The van der Waals surface area contributed by atoms with Crippen molar-refractivity contribution in [2.24, 2.45) is 0 Å². The van der Waals surface area contributed by atoms with E-state index in [2.05, 4.69) is 22.3 Å². The monoisotopic (exact) mass is 262 g/mol. The van der Waals surface area contributed by atoms with Crippen molar-refractivity contribution in [2.75, 3.05) is 26.2 Å². The number of nitrogens with zero attached hydrogens (tertiary/aromatic N) is 1. The highest BCUT2D eigenvalue weighted by molar-refractivity contribution is 5.73. The van der Waals surface area contributed by atoms with Crippen LogP contribution in [0.5, 0.6) is 0 Å². The van der Waals surface area contributed by atoms with Gasteiger partial charge in [0.15, 0.2) is 0 Å². The molecule has 0 radical (unpaired) electrons. The number of rotatable bonds is 5. The summed E-state index contributed by atoms with van der Waals surface area (Å²) in [4.78, 5) is 13.6. The van der Waals surface area contributed by atoms with Gasteiger partial charge in [-0.05, 0) is 31.4 Å². The molecule has 1 heterocycles. The molecule has 2 rings (SSSR count). The minimum atomic E-state index is -0.696. The van der Waals surface area contributed by atoms with Crippen LogP contribution in [0.4, 0.5) is 0 Å². The van der Waals surface area contributed by atoms with E-state index in [1.165, 1.54) is 5.56 Å². The smallest absolute Gasteiger partial charge is 0.320 e. The van der Waals surface area contributed by atoms with E-state index in [1.54, 1.807) is 0 Å². The van der Waals surface area contributed by atoms with Crippen molar-refractivity contribution in [3.8, 4) is 0 Å². The van der Waals surface area contributed by atoms with E-state index in [0.717, 1.165) is 39.0 Å². The van der Waals surface area contributed by atoms with Gasteiger partial charge in [0.25, 0.3) is 0 Å². The lowest BCUT2D eigenvalue weighted by Crippen LogP contribution is -2.43. The molecule has 0 bridgehead atoms. The zero-order valence-electron chi connectivity index (χ0n) is 11.2. The molecule has 0 aliphatic carbocycles. The Morgan fingerprint density at radius 2 is 2.05 bits per heavy atom. The van der Waals surface area contributed by atoms with Gasteiger partial charge in [-0.15, -0.1) is 0 Å². The summed E-state index contributed by atoms with van der Waals surface area (Å²) >= 11 is 0. The number of carboxylic acids is 1. The molecule has 1 saturated heterocycles. The van der Waals surface area contributed by atoms with Crippen molar-refractivity contribution in [3.63, 3.8) is 0 Å². The van der Waals surface area contributed by atoms with Crippen LogP contribution >= 0.6 is 0 Å². The van der Waals surface area contributed by atoms with Gasteiger partial charge in [0.2, 0.25) is 0 Å². The van der Waals surface area contributed by atoms with Gasteiger partial charge >= 0.3 is 5.97 Å². The molecule has 1 aromatic rings. The maximum atomic E-state index is 11.5. The number of carboxylic acid groups (broad SMARTS) is 1. The Labute approximate surface area is 114 Å². The lowest BCUT2D eigenvalue weighted by Gasteiger charge is -2.27. The topological polar surface area (TPSA) is 52.6 Å². The predicted octanol–water partition coefficient (Wildman–Crippen LogP) is 1.37. The second-order valence-corrected chi connectivity index (χ2v) is 5.02. The summed E-state index contributed by atoms with van der Waals surface area (Å²) in [5.74, 6) is -0.696. The Bertz CT molecular complexity index is 386. The van der Waals surface area contributed by atoms with Crippen molar-refractivity contribution in [2.45, 2.75) is 25.3 Å². The number of hydrogen-bond donors (Lipinski definition) is 2. The molecule has 0 amide bonds. The fourth-order valence-corrected chi connectivity index (χ4v) is 2.59. The summed E-state index contributed by atoms with van der Waals surface area (Å²) in [6.45, 7) is 3.57. The molecule has 4 heteroatoms. The van der Waals surface area contributed by atoms with E-state index in [-0.39, 0.29) is 6.04 Å². The zero-order valence-corrected chi connectivity index (χ0v) is 11.2. The Morgan fingerprint density at radius 1 is 1.26 bits per heavy atom. The highest BCUT2D eigenvalue weighted by Crippen LogP contribution is 2.12. The Morgan fingerprint density at radius 3 is 2.79 bits per heavy atom. The van der Waals surface area contributed by atoms with Crippen LogP contribution in [0.1, 0.15) is 18.4 Å². The standard InChI is InChI=1S/C15H22N2O2/c18-15(19)14(17-11-4-9-16-10-12-17)8-7-13-5-2-1-3-6-13/h1-3,5-6,14,16H,4,7-12H2,(H,18,19). The van der Waals surface area contributed by atoms with Crippen molar-refractivity contribution in [3.05, 3.63) is 35.9 Å². The molecule has 104 valence electrons. The molecule has 1 fully saturated rings. The first-order valence-corrected chi connectivity index (χ1v) is 6.99. The summed E-state index contributed by atoms with van der Waals surface area (Å²) in [7, 11) is 0. The first kappa shape index (κ1) is 14.0. The van der Waals surface area contributed by atoms with Gasteiger partial charge in [-0.3, -0.25) is 9.69 Å². The summed E-state index contributed by atoms with van der Waals surface area (Å²) < 4.78 is 0. The van der Waals surface area contributed by atoms with Crippen LogP contribution in [0.15, 0.2) is 30.3 Å².